The fourth-order valence-corrected chi connectivity index (χ4v) is 2.30. The lowest BCUT2D eigenvalue weighted by Crippen LogP contribution is -1.99. The van der Waals surface area contributed by atoms with Gasteiger partial charge < -0.3 is 0 Å². The van der Waals surface area contributed by atoms with Gasteiger partial charge in [-0.3, -0.25) is 4.57 Å². The normalized spacial score (nSPS) is 10.5. The van der Waals surface area contributed by atoms with E-state index in [2.05, 4.69) is 34.7 Å². The Kier molecular flexibility index (Phi) is 2.77. The molecule has 0 atom stereocenters. The summed E-state index contributed by atoms with van der Waals surface area (Å²) in [5.41, 5.74) is 3.67. The first-order valence-electron chi connectivity index (χ1n) is 6.30. The van der Waals surface area contributed by atoms with E-state index in [0.29, 0.717) is 5.56 Å². The zero-order valence-corrected chi connectivity index (χ0v) is 10.7. The van der Waals surface area contributed by atoms with Crippen molar-refractivity contribution in [2.24, 2.45) is 0 Å². The summed E-state index contributed by atoms with van der Waals surface area (Å²) in [5.74, 6) is 1.01. The number of benzene rings is 2. The van der Waals surface area contributed by atoms with Crippen LogP contribution in [0.25, 0.3) is 16.7 Å². The van der Waals surface area contributed by atoms with Gasteiger partial charge in [0.25, 0.3) is 0 Å². The molecule has 0 fully saturated rings. The monoisotopic (exact) mass is 247 g/mol. The van der Waals surface area contributed by atoms with Crippen molar-refractivity contribution in [3.05, 3.63) is 59.9 Å². The molecular weight excluding hydrogens is 234 g/mol. The molecule has 1 aromatic heterocycles. The van der Waals surface area contributed by atoms with Crippen molar-refractivity contribution in [3.63, 3.8) is 0 Å². The predicted molar refractivity (Wildman–Crippen MR) is 75.2 cm³/mol. The Labute approximate surface area is 111 Å². The lowest BCUT2D eigenvalue weighted by atomic mass is 10.2. The van der Waals surface area contributed by atoms with Gasteiger partial charge in [-0.15, -0.1) is 0 Å². The number of imidazole rings is 1. The van der Waals surface area contributed by atoms with Gasteiger partial charge in [0.1, 0.15) is 5.82 Å². The molecule has 0 bridgehead atoms. The fraction of sp³-hybridized carbons (Fsp3) is 0.125. The van der Waals surface area contributed by atoms with Gasteiger partial charge in [0.2, 0.25) is 0 Å². The topological polar surface area (TPSA) is 41.6 Å². The second-order valence-corrected chi connectivity index (χ2v) is 4.37. The molecule has 19 heavy (non-hydrogen) atoms. The van der Waals surface area contributed by atoms with Crippen molar-refractivity contribution in [2.45, 2.75) is 13.3 Å². The summed E-state index contributed by atoms with van der Waals surface area (Å²) in [4.78, 5) is 4.63. The Hall–Kier alpha value is -2.60. The molecule has 2 aromatic carbocycles. The molecule has 0 aliphatic carbocycles. The van der Waals surface area contributed by atoms with Crippen LogP contribution in [0, 0.1) is 11.3 Å². The first-order chi connectivity index (χ1) is 9.33. The molecule has 3 nitrogen and oxygen atoms in total. The van der Waals surface area contributed by atoms with Crippen LogP contribution in [0.1, 0.15) is 18.3 Å². The maximum Gasteiger partial charge on any atom is 0.114 e. The van der Waals surface area contributed by atoms with E-state index in [4.69, 9.17) is 5.26 Å². The largest absolute Gasteiger partial charge is 0.296 e. The van der Waals surface area contributed by atoms with Gasteiger partial charge in [-0.2, -0.15) is 5.26 Å². The summed E-state index contributed by atoms with van der Waals surface area (Å²) in [5, 5.41) is 8.96. The van der Waals surface area contributed by atoms with Gasteiger partial charge in [0, 0.05) is 12.1 Å². The van der Waals surface area contributed by atoms with Crippen molar-refractivity contribution in [1.82, 2.24) is 9.55 Å². The van der Waals surface area contributed by atoms with Gasteiger partial charge >= 0.3 is 0 Å². The highest BCUT2D eigenvalue weighted by molar-refractivity contribution is 5.79. The van der Waals surface area contributed by atoms with E-state index in [9.17, 15) is 0 Å². The van der Waals surface area contributed by atoms with Gasteiger partial charge in [-0.1, -0.05) is 25.1 Å². The number of rotatable bonds is 2. The average molecular weight is 247 g/mol. The van der Waals surface area contributed by atoms with Crippen molar-refractivity contribution >= 4 is 11.0 Å². The van der Waals surface area contributed by atoms with Crippen LogP contribution in [-0.4, -0.2) is 9.55 Å². The number of aryl methyl sites for hydroxylation is 1. The highest BCUT2D eigenvalue weighted by Gasteiger charge is 2.11. The Balaban J connectivity index is 2.32. The summed E-state index contributed by atoms with van der Waals surface area (Å²) in [6, 6.07) is 18.0. The number of aromatic nitrogens is 2. The van der Waals surface area contributed by atoms with Crippen LogP contribution in [0.3, 0.4) is 0 Å². The van der Waals surface area contributed by atoms with Crippen LogP contribution in [0.4, 0.5) is 0 Å². The second kappa shape index (κ2) is 4.58. The molecule has 0 amide bonds. The standard InChI is InChI=1S/C16H13N3/c1-2-16-18-14-10-12(11-17)8-9-15(14)19(16)13-6-4-3-5-7-13/h3-10H,2H2,1H3. The van der Waals surface area contributed by atoms with Crippen LogP contribution < -0.4 is 0 Å². The minimum atomic E-state index is 0.646. The minimum absolute atomic E-state index is 0.646. The first-order valence-corrected chi connectivity index (χ1v) is 6.30. The maximum atomic E-state index is 8.96. The zero-order chi connectivity index (χ0) is 13.2. The van der Waals surface area contributed by atoms with E-state index in [1.807, 2.05) is 36.4 Å². The summed E-state index contributed by atoms with van der Waals surface area (Å²) >= 11 is 0. The van der Waals surface area contributed by atoms with Gasteiger partial charge in [0.05, 0.1) is 22.7 Å². The molecular formula is C16H13N3. The second-order valence-electron chi connectivity index (χ2n) is 4.37. The number of hydrogen-bond donors (Lipinski definition) is 0. The van der Waals surface area contributed by atoms with Crippen LogP contribution >= 0.6 is 0 Å². The van der Waals surface area contributed by atoms with Gasteiger partial charge in [0.15, 0.2) is 0 Å². The lowest BCUT2D eigenvalue weighted by Gasteiger charge is -2.07. The van der Waals surface area contributed by atoms with Gasteiger partial charge in [-0.25, -0.2) is 4.98 Å². The fourth-order valence-electron chi connectivity index (χ4n) is 2.30. The molecule has 0 radical (unpaired) electrons. The van der Waals surface area contributed by atoms with E-state index in [1.54, 1.807) is 0 Å². The van der Waals surface area contributed by atoms with E-state index < -0.39 is 0 Å². The Morgan fingerprint density at radius 3 is 2.63 bits per heavy atom. The van der Waals surface area contributed by atoms with E-state index in [-0.39, 0.29) is 0 Å². The quantitative estimate of drug-likeness (QED) is 0.696. The van der Waals surface area contributed by atoms with E-state index in [0.717, 1.165) is 29.0 Å². The minimum Gasteiger partial charge on any atom is -0.296 e. The Morgan fingerprint density at radius 1 is 1.16 bits per heavy atom. The Bertz CT molecular complexity index is 764. The molecule has 92 valence electrons. The molecule has 0 N–H and O–H groups in total. The van der Waals surface area contributed by atoms with Crippen LogP contribution in [0.15, 0.2) is 48.5 Å². The van der Waals surface area contributed by atoms with Crippen molar-refractivity contribution in [3.8, 4) is 11.8 Å². The summed E-state index contributed by atoms with van der Waals surface area (Å²) in [6.07, 6.45) is 0.853. The first kappa shape index (κ1) is 11.5. The van der Waals surface area contributed by atoms with Crippen molar-refractivity contribution < 1.29 is 0 Å². The molecule has 0 saturated carbocycles. The molecule has 3 heteroatoms. The highest BCUT2D eigenvalue weighted by atomic mass is 15.1. The van der Waals surface area contributed by atoms with Crippen LogP contribution in [0.5, 0.6) is 0 Å². The number of fused-ring (bicyclic) bond motifs is 1. The lowest BCUT2D eigenvalue weighted by molar-refractivity contribution is 0.908. The molecule has 0 aliphatic rings. The predicted octanol–water partition coefficient (Wildman–Crippen LogP) is 3.46. The smallest absolute Gasteiger partial charge is 0.114 e. The number of para-hydroxylation sites is 1. The molecule has 0 unspecified atom stereocenters. The van der Waals surface area contributed by atoms with Crippen molar-refractivity contribution in [2.75, 3.05) is 0 Å². The van der Waals surface area contributed by atoms with Crippen LogP contribution in [-0.2, 0) is 6.42 Å². The Morgan fingerprint density at radius 2 is 1.95 bits per heavy atom. The van der Waals surface area contributed by atoms with E-state index in [1.165, 1.54) is 0 Å². The number of nitrogens with zero attached hydrogens (tertiary/aromatic N) is 3. The van der Waals surface area contributed by atoms with Crippen molar-refractivity contribution in [1.29, 1.82) is 5.26 Å². The third-order valence-electron chi connectivity index (χ3n) is 3.18. The SMILES string of the molecule is CCc1nc2cc(C#N)ccc2n1-c1ccccc1. The van der Waals surface area contributed by atoms with Gasteiger partial charge in [-0.05, 0) is 30.3 Å². The third-order valence-corrected chi connectivity index (χ3v) is 3.18. The summed E-state index contributed by atoms with van der Waals surface area (Å²) in [7, 11) is 0. The number of nitriles is 1. The van der Waals surface area contributed by atoms with Crippen LogP contribution in [0.2, 0.25) is 0 Å². The maximum absolute atomic E-state index is 8.96. The molecule has 3 aromatic rings. The molecule has 0 aliphatic heterocycles. The average Bonchev–Trinajstić information content (AvgIpc) is 2.85. The summed E-state index contributed by atoms with van der Waals surface area (Å²) in [6.45, 7) is 2.09. The number of hydrogen-bond acceptors (Lipinski definition) is 2. The highest BCUT2D eigenvalue weighted by Crippen LogP contribution is 2.22. The molecule has 0 spiro atoms. The molecule has 0 saturated heterocycles. The molecule has 1 heterocycles. The summed E-state index contributed by atoms with van der Waals surface area (Å²) < 4.78 is 2.15. The van der Waals surface area contributed by atoms with E-state index >= 15 is 0 Å². The third kappa shape index (κ3) is 1.88. The zero-order valence-electron chi connectivity index (χ0n) is 10.7. The molecule has 3 rings (SSSR count).